The van der Waals surface area contributed by atoms with Crippen LogP contribution >= 0.6 is 22.9 Å². The largest absolute Gasteiger partial charge is 0.381 e. The summed E-state index contributed by atoms with van der Waals surface area (Å²) >= 11 is 1.70. The summed E-state index contributed by atoms with van der Waals surface area (Å²) in [5.74, 6) is 6.89. The van der Waals surface area contributed by atoms with Crippen molar-refractivity contribution < 1.29 is 9.53 Å². The average Bonchev–Trinajstić information content (AvgIpc) is 2.86. The van der Waals surface area contributed by atoms with Crippen molar-refractivity contribution in [2.24, 2.45) is 19.3 Å². The second kappa shape index (κ2) is 6.92. The van der Waals surface area contributed by atoms with Gasteiger partial charge in [-0.1, -0.05) is 5.11 Å². The molecule has 0 radical (unpaired) electrons. The maximum Gasteiger partial charge on any atom is 0.363 e. The van der Waals surface area contributed by atoms with Gasteiger partial charge >= 0.3 is 6.03 Å². The normalized spacial score (nSPS) is 26.7. The highest BCUT2D eigenvalue weighted by atomic mass is 127. The minimum Gasteiger partial charge on any atom is -0.381 e. The van der Waals surface area contributed by atoms with Crippen LogP contribution in [0.25, 0.3) is 0 Å². The van der Waals surface area contributed by atoms with Crippen molar-refractivity contribution in [3.63, 3.8) is 0 Å². The van der Waals surface area contributed by atoms with Crippen LogP contribution in [0.4, 0.5) is 4.79 Å². The Kier molecular flexibility index (Phi) is 5.06. The molecule has 3 aliphatic heterocycles. The van der Waals surface area contributed by atoms with Gasteiger partial charge in [-0.15, -0.1) is 3.33 Å². The van der Waals surface area contributed by atoms with Gasteiger partial charge in [0.05, 0.1) is 17.6 Å². The van der Waals surface area contributed by atoms with Crippen LogP contribution in [0.15, 0.2) is 25.2 Å². The number of amides is 2. The summed E-state index contributed by atoms with van der Waals surface area (Å²) in [6.45, 7) is 5.88. The number of likely N-dealkylation sites (tertiary alicyclic amines) is 1. The van der Waals surface area contributed by atoms with Crippen molar-refractivity contribution >= 4 is 34.9 Å². The van der Waals surface area contributed by atoms with Crippen molar-refractivity contribution in [2.45, 2.75) is 44.3 Å². The topological polar surface area (TPSA) is 108 Å². The zero-order valence-electron chi connectivity index (χ0n) is 13.8. The summed E-state index contributed by atoms with van der Waals surface area (Å²) in [5.41, 5.74) is 0.579. The molecule has 3 rings (SSSR count). The van der Waals surface area contributed by atoms with Gasteiger partial charge < -0.3 is 15.0 Å². The third-order valence-corrected chi connectivity index (χ3v) is 5.13. The Bertz CT molecular complexity index is 598. The molecule has 3 aliphatic rings. The molecule has 0 saturated carbocycles. The SMILES string of the molecule is CC1(C)C2=CNC(N(N)C3CCOCC3)=NC2CN1C(=O)N=NI. The van der Waals surface area contributed by atoms with E-state index in [1.54, 1.807) is 32.8 Å². The highest BCUT2D eigenvalue weighted by Crippen LogP contribution is 2.37. The third-order valence-electron chi connectivity index (χ3n) is 4.91. The second-order valence-corrected chi connectivity index (χ2v) is 7.02. The quantitative estimate of drug-likeness (QED) is 0.275. The maximum atomic E-state index is 12.2. The predicted molar refractivity (Wildman–Crippen MR) is 97.4 cm³/mol. The number of hydrazine groups is 1. The van der Waals surface area contributed by atoms with Crippen molar-refractivity contribution in [1.82, 2.24) is 15.2 Å². The van der Waals surface area contributed by atoms with Crippen LogP contribution in [0.2, 0.25) is 0 Å². The van der Waals surface area contributed by atoms with E-state index < -0.39 is 5.54 Å². The highest BCUT2D eigenvalue weighted by molar-refractivity contribution is 14.1. The number of rotatable bonds is 1. The predicted octanol–water partition coefficient (Wildman–Crippen LogP) is 1.57. The van der Waals surface area contributed by atoms with Crippen LogP contribution < -0.4 is 11.2 Å². The number of ether oxygens (including phenoxy) is 1. The number of fused-ring (bicyclic) bond motifs is 1. The van der Waals surface area contributed by atoms with Gasteiger partial charge in [-0.05, 0) is 32.3 Å². The molecule has 0 spiro atoms. The molecule has 3 heterocycles. The molecule has 1 atom stereocenters. The summed E-state index contributed by atoms with van der Waals surface area (Å²) < 4.78 is 8.94. The minimum atomic E-state index is -0.466. The molecule has 132 valence electrons. The summed E-state index contributed by atoms with van der Waals surface area (Å²) in [4.78, 5) is 18.6. The van der Waals surface area contributed by atoms with E-state index in [0.29, 0.717) is 25.7 Å². The first-order valence-electron chi connectivity index (χ1n) is 7.95. The van der Waals surface area contributed by atoms with Gasteiger partial charge in [0.2, 0.25) is 5.96 Å². The maximum absolute atomic E-state index is 12.2. The van der Waals surface area contributed by atoms with Crippen molar-refractivity contribution in [3.8, 4) is 0 Å². The molecule has 0 aromatic carbocycles. The zero-order chi connectivity index (χ0) is 17.3. The Morgan fingerprint density at radius 2 is 2.25 bits per heavy atom. The summed E-state index contributed by atoms with van der Waals surface area (Å²) in [6, 6.07) is -0.258. The number of hydrogen-bond acceptors (Lipinski definition) is 7. The van der Waals surface area contributed by atoms with Crippen LogP contribution in [0, 0.1) is 0 Å². The lowest BCUT2D eigenvalue weighted by Gasteiger charge is -2.35. The molecule has 0 aromatic heterocycles. The lowest BCUT2D eigenvalue weighted by atomic mass is 9.93. The van der Waals surface area contributed by atoms with Crippen LogP contribution in [0.1, 0.15) is 26.7 Å². The van der Waals surface area contributed by atoms with Gasteiger partial charge in [-0.25, -0.2) is 15.6 Å². The average molecular weight is 447 g/mol. The van der Waals surface area contributed by atoms with E-state index in [1.165, 1.54) is 0 Å². The van der Waals surface area contributed by atoms with Crippen molar-refractivity contribution in [3.05, 3.63) is 11.8 Å². The van der Waals surface area contributed by atoms with Gasteiger partial charge in [-0.3, -0.25) is 5.01 Å². The molecular formula is C14H22IN7O2. The molecule has 24 heavy (non-hydrogen) atoms. The Morgan fingerprint density at radius 1 is 1.54 bits per heavy atom. The first kappa shape index (κ1) is 17.5. The number of urea groups is 1. The van der Waals surface area contributed by atoms with E-state index in [-0.39, 0.29) is 18.1 Å². The number of aliphatic imine (C=N–C) groups is 1. The van der Waals surface area contributed by atoms with Gasteiger partial charge in [0.25, 0.3) is 0 Å². The van der Waals surface area contributed by atoms with Crippen molar-refractivity contribution in [2.75, 3.05) is 19.8 Å². The van der Waals surface area contributed by atoms with Crippen LogP contribution in [-0.4, -0.2) is 59.3 Å². The fourth-order valence-corrected chi connectivity index (χ4v) is 3.64. The van der Waals surface area contributed by atoms with Crippen molar-refractivity contribution in [1.29, 1.82) is 0 Å². The first-order valence-corrected chi connectivity index (χ1v) is 8.91. The van der Waals surface area contributed by atoms with E-state index in [2.05, 4.69) is 13.8 Å². The molecule has 1 unspecified atom stereocenters. The van der Waals surface area contributed by atoms with Crippen LogP contribution in [0.5, 0.6) is 0 Å². The molecule has 2 amide bonds. The Balaban J connectivity index is 1.77. The lowest BCUT2D eigenvalue weighted by Crippen LogP contribution is -2.53. The molecule has 10 heteroatoms. The van der Waals surface area contributed by atoms with Gasteiger partial charge in [-0.2, -0.15) is 0 Å². The number of hydrogen-bond donors (Lipinski definition) is 2. The smallest absolute Gasteiger partial charge is 0.363 e. The monoisotopic (exact) mass is 447 g/mol. The standard InChI is InChI=1S/C14H22IN7O2/c1-14(2)10-7-17-12(22(16)9-3-5-24-6-4-9)18-11(10)8-21(14)13(23)19-20-15/h7,9,11H,3-6,8,16H2,1-2H3,(H,17,18). The van der Waals surface area contributed by atoms with E-state index in [9.17, 15) is 4.79 Å². The van der Waals surface area contributed by atoms with Crippen LogP contribution in [0.3, 0.4) is 0 Å². The number of nitrogens with two attached hydrogens (primary N) is 1. The van der Waals surface area contributed by atoms with E-state index in [4.69, 9.17) is 15.6 Å². The Labute approximate surface area is 154 Å². The molecule has 0 aromatic rings. The van der Waals surface area contributed by atoms with E-state index >= 15 is 0 Å². The first-order chi connectivity index (χ1) is 11.4. The van der Waals surface area contributed by atoms with Crippen LogP contribution in [-0.2, 0) is 4.74 Å². The summed E-state index contributed by atoms with van der Waals surface area (Å²) in [6.07, 6.45) is 3.68. The summed E-state index contributed by atoms with van der Waals surface area (Å²) in [7, 11) is 0. The molecule has 2 fully saturated rings. The Hall–Kier alpha value is -1.27. The second-order valence-electron chi connectivity index (χ2n) is 6.59. The third kappa shape index (κ3) is 3.14. The molecular weight excluding hydrogens is 425 g/mol. The number of halogens is 1. The molecule has 3 N–H and O–H groups in total. The fourth-order valence-electron chi connectivity index (χ4n) is 3.45. The molecule has 9 nitrogen and oxygen atoms in total. The number of carbonyl (C=O) groups is 1. The minimum absolute atomic E-state index is 0.115. The number of guanidine groups is 1. The fraction of sp³-hybridized carbons (Fsp3) is 0.714. The van der Waals surface area contributed by atoms with Gasteiger partial charge in [0, 0.05) is 26.0 Å². The number of nitrogens with zero attached hydrogens (tertiary/aromatic N) is 5. The lowest BCUT2D eigenvalue weighted by molar-refractivity contribution is 0.0542. The zero-order valence-corrected chi connectivity index (χ0v) is 15.9. The van der Waals surface area contributed by atoms with E-state index in [1.807, 2.05) is 20.0 Å². The molecule has 0 aliphatic carbocycles. The molecule has 0 bridgehead atoms. The molecule has 2 saturated heterocycles. The number of nitrogens with one attached hydrogen (secondary N) is 1. The summed E-state index contributed by atoms with van der Waals surface area (Å²) in [5, 5.41) is 8.52. The Morgan fingerprint density at radius 3 is 2.92 bits per heavy atom. The van der Waals surface area contributed by atoms with Gasteiger partial charge in [0.1, 0.15) is 22.9 Å². The highest BCUT2D eigenvalue weighted by Gasteiger charge is 2.47. The van der Waals surface area contributed by atoms with E-state index in [0.717, 1.165) is 18.4 Å². The number of carbonyl (C=O) groups excluding carboxylic acids is 1. The van der Waals surface area contributed by atoms with Gasteiger partial charge in [0.15, 0.2) is 0 Å².